The second kappa shape index (κ2) is 8.84. The Bertz CT molecular complexity index is 874. The summed E-state index contributed by atoms with van der Waals surface area (Å²) in [4.78, 5) is 16.5. The van der Waals surface area contributed by atoms with E-state index in [0.29, 0.717) is 23.9 Å². The number of carbonyl (C=O) groups excluding carboxylic acids is 1. The summed E-state index contributed by atoms with van der Waals surface area (Å²) in [5.74, 6) is 0.606. The first-order valence-electron chi connectivity index (χ1n) is 9.22. The Morgan fingerprint density at radius 2 is 1.93 bits per heavy atom. The zero-order valence-electron chi connectivity index (χ0n) is 15.8. The van der Waals surface area contributed by atoms with Crippen molar-refractivity contribution in [2.24, 2.45) is 0 Å². The Morgan fingerprint density at radius 3 is 2.63 bits per heavy atom. The van der Waals surface area contributed by atoms with Crippen LogP contribution in [-0.2, 0) is 6.54 Å². The maximum Gasteiger partial charge on any atom is 0.152 e. The quantitative estimate of drug-likeness (QED) is 0.568. The average Bonchev–Trinajstić information content (AvgIpc) is 3.10. The van der Waals surface area contributed by atoms with Gasteiger partial charge in [-0.25, -0.2) is 0 Å². The highest BCUT2D eigenvalue weighted by Gasteiger charge is 2.17. The zero-order chi connectivity index (χ0) is 19.2. The third-order valence-corrected chi connectivity index (χ3v) is 4.66. The molecule has 0 spiro atoms. The normalized spacial score (nSPS) is 12.6. The van der Waals surface area contributed by atoms with E-state index < -0.39 is 6.10 Å². The second-order valence-corrected chi connectivity index (χ2v) is 7.01. The Kier molecular flexibility index (Phi) is 6.27. The van der Waals surface area contributed by atoms with Crippen molar-refractivity contribution < 1.29 is 14.6 Å². The molecule has 0 bridgehead atoms. The van der Waals surface area contributed by atoms with Crippen molar-refractivity contribution in [3.05, 3.63) is 65.9 Å². The fourth-order valence-corrected chi connectivity index (χ4v) is 3.18. The number of carbonyl (C=O) groups is 1. The van der Waals surface area contributed by atoms with Crippen LogP contribution in [-0.4, -0.2) is 46.6 Å². The summed E-state index contributed by atoms with van der Waals surface area (Å²) in [6.07, 6.45) is 1.84. The monoisotopic (exact) mass is 366 g/mol. The number of aromatic amines is 1. The van der Waals surface area contributed by atoms with Crippen LogP contribution >= 0.6 is 0 Å². The van der Waals surface area contributed by atoms with Crippen LogP contribution in [0, 0.1) is 0 Å². The minimum absolute atomic E-state index is 0.167. The topological polar surface area (TPSA) is 65.6 Å². The van der Waals surface area contributed by atoms with Crippen molar-refractivity contribution in [2.45, 2.75) is 32.5 Å². The molecule has 1 aromatic heterocycles. The minimum Gasteiger partial charge on any atom is -0.490 e. The van der Waals surface area contributed by atoms with Gasteiger partial charge in [-0.15, -0.1) is 0 Å². The van der Waals surface area contributed by atoms with Crippen LogP contribution in [0.3, 0.4) is 0 Å². The number of ether oxygens (including phenoxy) is 1. The van der Waals surface area contributed by atoms with Gasteiger partial charge in [-0.05, 0) is 31.5 Å². The van der Waals surface area contributed by atoms with Gasteiger partial charge >= 0.3 is 0 Å². The lowest BCUT2D eigenvalue weighted by molar-refractivity contribution is 0.0547. The Morgan fingerprint density at radius 1 is 1.15 bits per heavy atom. The number of aldehydes is 1. The van der Waals surface area contributed by atoms with Crippen molar-refractivity contribution in [2.75, 3.05) is 13.2 Å². The molecule has 1 atom stereocenters. The van der Waals surface area contributed by atoms with Crippen molar-refractivity contribution in [1.82, 2.24) is 9.88 Å². The fourth-order valence-electron chi connectivity index (χ4n) is 3.18. The smallest absolute Gasteiger partial charge is 0.152 e. The van der Waals surface area contributed by atoms with Crippen LogP contribution in [0.4, 0.5) is 0 Å². The number of hydrogen-bond acceptors (Lipinski definition) is 4. The number of nitrogens with zero attached hydrogens (tertiary/aromatic N) is 1. The van der Waals surface area contributed by atoms with E-state index in [-0.39, 0.29) is 6.61 Å². The van der Waals surface area contributed by atoms with Crippen molar-refractivity contribution in [3.63, 3.8) is 0 Å². The number of hydrogen-bond donors (Lipinski definition) is 2. The van der Waals surface area contributed by atoms with E-state index in [9.17, 15) is 9.90 Å². The van der Waals surface area contributed by atoms with E-state index in [1.807, 2.05) is 36.4 Å². The van der Waals surface area contributed by atoms with Gasteiger partial charge in [0, 0.05) is 36.4 Å². The molecule has 1 heterocycles. The molecule has 0 saturated heterocycles. The summed E-state index contributed by atoms with van der Waals surface area (Å²) < 4.78 is 5.86. The molecule has 0 aliphatic carbocycles. The van der Waals surface area contributed by atoms with E-state index in [1.54, 1.807) is 6.20 Å². The predicted molar refractivity (Wildman–Crippen MR) is 107 cm³/mol. The van der Waals surface area contributed by atoms with E-state index in [4.69, 9.17) is 4.74 Å². The maximum atomic E-state index is 11.2. The minimum atomic E-state index is -0.634. The van der Waals surface area contributed by atoms with Gasteiger partial charge in [0.1, 0.15) is 18.5 Å². The zero-order valence-corrected chi connectivity index (χ0v) is 15.8. The van der Waals surface area contributed by atoms with Crippen LogP contribution < -0.4 is 4.74 Å². The maximum absolute atomic E-state index is 11.2. The molecule has 2 aromatic carbocycles. The molecule has 27 heavy (non-hydrogen) atoms. The Balaban J connectivity index is 1.64. The summed E-state index contributed by atoms with van der Waals surface area (Å²) in [5, 5.41) is 11.3. The first-order valence-corrected chi connectivity index (χ1v) is 9.22. The number of H-pyrrole nitrogens is 1. The summed E-state index contributed by atoms with van der Waals surface area (Å²) in [5.41, 5.74) is 2.62. The lowest BCUT2D eigenvalue weighted by Crippen LogP contribution is -2.39. The molecule has 1 unspecified atom stereocenters. The Labute approximate surface area is 159 Å². The highest BCUT2D eigenvalue weighted by Crippen LogP contribution is 2.28. The van der Waals surface area contributed by atoms with Gasteiger partial charge in [0.05, 0.1) is 5.39 Å². The van der Waals surface area contributed by atoms with Gasteiger partial charge in [0.15, 0.2) is 6.29 Å². The molecule has 0 amide bonds. The predicted octanol–water partition coefficient (Wildman–Crippen LogP) is 3.63. The molecular weight excluding hydrogens is 340 g/mol. The van der Waals surface area contributed by atoms with Gasteiger partial charge in [-0.3, -0.25) is 9.69 Å². The van der Waals surface area contributed by atoms with Crippen molar-refractivity contribution >= 4 is 17.2 Å². The van der Waals surface area contributed by atoms with Crippen LogP contribution in [0.15, 0.2) is 54.7 Å². The first kappa shape index (κ1) is 19.1. The molecule has 2 N–H and O–H groups in total. The third-order valence-electron chi connectivity index (χ3n) is 4.66. The van der Waals surface area contributed by atoms with Crippen LogP contribution in [0.5, 0.6) is 5.75 Å². The van der Waals surface area contributed by atoms with E-state index >= 15 is 0 Å². The fraction of sp³-hybridized carbons (Fsp3) is 0.318. The van der Waals surface area contributed by atoms with E-state index in [1.165, 1.54) is 5.56 Å². The molecule has 0 aliphatic heterocycles. The Hall–Kier alpha value is -2.63. The lowest BCUT2D eigenvalue weighted by atomic mass is 10.1. The van der Waals surface area contributed by atoms with Gasteiger partial charge in [0.2, 0.25) is 0 Å². The standard InChI is InChI=1S/C22H26N2O3/c1-16(2)24(12-17-7-4-3-5-8-17)13-19(26)15-27-21-10-6-9-20-22(21)18(14-25)11-23-20/h3-11,14,16,19,23,26H,12-13,15H2,1-2H3. The highest BCUT2D eigenvalue weighted by atomic mass is 16.5. The van der Waals surface area contributed by atoms with Crippen LogP contribution in [0.1, 0.15) is 29.8 Å². The number of aromatic nitrogens is 1. The van der Waals surface area contributed by atoms with Gasteiger partial charge in [-0.2, -0.15) is 0 Å². The molecule has 3 rings (SSSR count). The molecule has 5 heteroatoms. The molecular formula is C22H26N2O3. The molecule has 142 valence electrons. The first-order chi connectivity index (χ1) is 13.1. The van der Waals surface area contributed by atoms with E-state index in [2.05, 4.69) is 35.9 Å². The van der Waals surface area contributed by atoms with Gasteiger partial charge in [0.25, 0.3) is 0 Å². The largest absolute Gasteiger partial charge is 0.490 e. The summed E-state index contributed by atoms with van der Waals surface area (Å²) >= 11 is 0. The van der Waals surface area contributed by atoms with Crippen LogP contribution in [0.2, 0.25) is 0 Å². The molecule has 0 saturated carbocycles. The van der Waals surface area contributed by atoms with Crippen molar-refractivity contribution in [3.8, 4) is 5.75 Å². The molecule has 3 aromatic rings. The molecule has 0 radical (unpaired) electrons. The number of benzene rings is 2. The van der Waals surface area contributed by atoms with E-state index in [0.717, 1.165) is 23.7 Å². The van der Waals surface area contributed by atoms with Crippen LogP contribution in [0.25, 0.3) is 10.9 Å². The number of fused-ring (bicyclic) bond motifs is 1. The number of rotatable bonds is 9. The summed E-state index contributed by atoms with van der Waals surface area (Å²) in [6.45, 7) is 5.69. The summed E-state index contributed by atoms with van der Waals surface area (Å²) in [7, 11) is 0. The molecule has 0 fully saturated rings. The second-order valence-electron chi connectivity index (χ2n) is 7.01. The number of aliphatic hydroxyl groups is 1. The van der Waals surface area contributed by atoms with Gasteiger partial charge < -0.3 is 14.8 Å². The number of nitrogens with one attached hydrogen (secondary N) is 1. The number of aliphatic hydroxyl groups excluding tert-OH is 1. The highest BCUT2D eigenvalue weighted by molar-refractivity contribution is 6.00. The molecule has 5 nitrogen and oxygen atoms in total. The summed E-state index contributed by atoms with van der Waals surface area (Å²) in [6, 6.07) is 16.1. The molecule has 0 aliphatic rings. The average molecular weight is 366 g/mol. The third kappa shape index (κ3) is 4.76. The van der Waals surface area contributed by atoms with Gasteiger partial charge in [-0.1, -0.05) is 36.4 Å². The SMILES string of the molecule is CC(C)N(Cc1ccccc1)CC(O)COc1cccc2[nH]cc(C=O)c12. The van der Waals surface area contributed by atoms with Crippen molar-refractivity contribution in [1.29, 1.82) is 0 Å². The lowest BCUT2D eigenvalue weighted by Gasteiger charge is -2.28.